The molecule has 19 heavy (non-hydrogen) atoms. The second-order valence-corrected chi connectivity index (χ2v) is 5.45. The van der Waals surface area contributed by atoms with Crippen LogP contribution < -0.4 is 5.32 Å². The Morgan fingerprint density at radius 1 is 1.21 bits per heavy atom. The number of carbonyl (C=O) groups excluding carboxylic acids is 1. The number of benzene rings is 1. The lowest BCUT2D eigenvalue weighted by atomic mass is 10.2. The average Bonchev–Trinajstić information content (AvgIpc) is 2.39. The largest absolute Gasteiger partial charge is 0.319 e. The Morgan fingerprint density at radius 2 is 1.95 bits per heavy atom. The van der Waals surface area contributed by atoms with Crippen molar-refractivity contribution in [2.45, 2.75) is 0 Å². The standard InChI is InChI=1S/C13H7Br2N3O/c14-9-2-1-8(6-16)12(5-9)18-13(19)11-4-3-10(15)7-17-11/h1-5,7H,(H,18,19). The molecule has 0 aliphatic rings. The van der Waals surface area contributed by atoms with Gasteiger partial charge in [-0.25, -0.2) is 4.98 Å². The van der Waals surface area contributed by atoms with E-state index in [0.717, 1.165) is 8.95 Å². The summed E-state index contributed by atoms with van der Waals surface area (Å²) < 4.78 is 1.58. The van der Waals surface area contributed by atoms with E-state index >= 15 is 0 Å². The monoisotopic (exact) mass is 379 g/mol. The zero-order valence-electron chi connectivity index (χ0n) is 9.52. The van der Waals surface area contributed by atoms with Crippen molar-refractivity contribution >= 4 is 43.5 Å². The third-order valence-corrected chi connectivity index (χ3v) is 3.27. The van der Waals surface area contributed by atoms with E-state index in [-0.39, 0.29) is 11.6 Å². The number of hydrogen-bond donors (Lipinski definition) is 1. The van der Waals surface area contributed by atoms with Gasteiger partial charge in [-0.1, -0.05) is 15.9 Å². The summed E-state index contributed by atoms with van der Waals surface area (Å²) in [5.74, 6) is -0.359. The molecule has 6 heteroatoms. The third-order valence-electron chi connectivity index (χ3n) is 2.31. The quantitative estimate of drug-likeness (QED) is 0.863. The van der Waals surface area contributed by atoms with Crippen LogP contribution in [0.2, 0.25) is 0 Å². The number of hydrogen-bond acceptors (Lipinski definition) is 3. The van der Waals surface area contributed by atoms with E-state index in [1.165, 1.54) is 0 Å². The third kappa shape index (κ3) is 3.40. The Balaban J connectivity index is 2.26. The van der Waals surface area contributed by atoms with Crippen LogP contribution in [0.4, 0.5) is 5.69 Å². The number of rotatable bonds is 2. The van der Waals surface area contributed by atoms with Gasteiger partial charge in [0.05, 0.1) is 11.3 Å². The maximum atomic E-state index is 12.0. The number of aromatic nitrogens is 1. The van der Waals surface area contributed by atoms with E-state index in [4.69, 9.17) is 5.26 Å². The molecule has 94 valence electrons. The summed E-state index contributed by atoms with van der Waals surface area (Å²) in [6.07, 6.45) is 1.54. The fourth-order valence-electron chi connectivity index (χ4n) is 1.41. The van der Waals surface area contributed by atoms with Crippen molar-refractivity contribution in [3.05, 3.63) is 56.7 Å². The molecule has 0 aliphatic heterocycles. The number of pyridine rings is 1. The predicted molar refractivity (Wildman–Crippen MR) is 78.7 cm³/mol. The minimum atomic E-state index is -0.359. The number of nitrogens with zero attached hydrogens (tertiary/aromatic N) is 2. The van der Waals surface area contributed by atoms with Crippen LogP contribution in [0, 0.1) is 11.3 Å². The summed E-state index contributed by atoms with van der Waals surface area (Å²) in [5, 5.41) is 11.7. The zero-order valence-corrected chi connectivity index (χ0v) is 12.7. The predicted octanol–water partition coefficient (Wildman–Crippen LogP) is 3.73. The fraction of sp³-hybridized carbons (Fsp3) is 0. The molecule has 0 unspecified atom stereocenters. The van der Waals surface area contributed by atoms with Crippen LogP contribution in [-0.4, -0.2) is 10.9 Å². The van der Waals surface area contributed by atoms with E-state index in [9.17, 15) is 4.79 Å². The molecule has 4 nitrogen and oxygen atoms in total. The summed E-state index contributed by atoms with van der Waals surface area (Å²) in [6.45, 7) is 0. The number of nitrogens with one attached hydrogen (secondary N) is 1. The molecule has 0 aliphatic carbocycles. The SMILES string of the molecule is N#Cc1ccc(Br)cc1NC(=O)c1ccc(Br)cn1. The highest BCUT2D eigenvalue weighted by molar-refractivity contribution is 9.10. The summed E-state index contributed by atoms with van der Waals surface area (Å²) in [7, 11) is 0. The highest BCUT2D eigenvalue weighted by Crippen LogP contribution is 2.21. The molecule has 0 radical (unpaired) electrons. The van der Waals surface area contributed by atoms with Crippen LogP contribution in [0.5, 0.6) is 0 Å². The van der Waals surface area contributed by atoms with Gasteiger partial charge in [-0.3, -0.25) is 4.79 Å². The summed E-state index contributed by atoms with van der Waals surface area (Å²) in [6, 6.07) is 10.4. The first kappa shape index (κ1) is 13.7. The summed E-state index contributed by atoms with van der Waals surface area (Å²) >= 11 is 6.55. The topological polar surface area (TPSA) is 65.8 Å². The zero-order chi connectivity index (χ0) is 13.8. The molecule has 1 aromatic carbocycles. The van der Waals surface area contributed by atoms with Crippen LogP contribution in [-0.2, 0) is 0 Å². The molecule has 1 heterocycles. The Morgan fingerprint density at radius 3 is 2.58 bits per heavy atom. The Kier molecular flexibility index (Phi) is 4.30. The summed E-state index contributed by atoms with van der Waals surface area (Å²) in [4.78, 5) is 16.0. The molecule has 0 fully saturated rings. The molecule has 0 atom stereocenters. The van der Waals surface area contributed by atoms with Crippen molar-refractivity contribution in [1.29, 1.82) is 5.26 Å². The first-order chi connectivity index (χ1) is 9.10. The number of amides is 1. The molecule has 1 amide bonds. The summed E-state index contributed by atoms with van der Waals surface area (Å²) in [5.41, 5.74) is 1.13. The average molecular weight is 381 g/mol. The van der Waals surface area contributed by atoms with Gasteiger partial charge in [-0.2, -0.15) is 5.26 Å². The Bertz CT molecular complexity index is 663. The van der Waals surface area contributed by atoms with Gasteiger partial charge in [0, 0.05) is 15.1 Å². The maximum Gasteiger partial charge on any atom is 0.274 e. The van der Waals surface area contributed by atoms with E-state index in [0.29, 0.717) is 11.3 Å². The van der Waals surface area contributed by atoms with Crippen LogP contribution >= 0.6 is 31.9 Å². The van der Waals surface area contributed by atoms with Crippen molar-refractivity contribution in [3.8, 4) is 6.07 Å². The molecule has 0 spiro atoms. The Labute approximate surface area is 126 Å². The second kappa shape index (κ2) is 5.95. The maximum absolute atomic E-state index is 12.0. The highest BCUT2D eigenvalue weighted by Gasteiger charge is 2.10. The number of carbonyl (C=O) groups is 1. The lowest BCUT2D eigenvalue weighted by molar-refractivity contribution is 0.102. The molecule has 0 saturated carbocycles. The molecule has 1 N–H and O–H groups in total. The molecule has 0 saturated heterocycles. The molecular formula is C13H7Br2N3O. The van der Waals surface area contributed by atoms with Gasteiger partial charge in [0.1, 0.15) is 11.8 Å². The van der Waals surface area contributed by atoms with E-state index in [1.807, 2.05) is 6.07 Å². The van der Waals surface area contributed by atoms with Gasteiger partial charge in [0.25, 0.3) is 5.91 Å². The van der Waals surface area contributed by atoms with Crippen molar-refractivity contribution < 1.29 is 4.79 Å². The molecular weight excluding hydrogens is 374 g/mol. The van der Waals surface area contributed by atoms with Crippen LogP contribution in [0.15, 0.2) is 45.5 Å². The van der Waals surface area contributed by atoms with Gasteiger partial charge in [0.15, 0.2) is 0 Å². The van der Waals surface area contributed by atoms with Crippen molar-refractivity contribution in [2.24, 2.45) is 0 Å². The van der Waals surface area contributed by atoms with Gasteiger partial charge in [0.2, 0.25) is 0 Å². The van der Waals surface area contributed by atoms with Gasteiger partial charge >= 0.3 is 0 Å². The first-order valence-electron chi connectivity index (χ1n) is 5.22. The number of anilines is 1. The van der Waals surface area contributed by atoms with Crippen LogP contribution in [0.3, 0.4) is 0 Å². The minimum Gasteiger partial charge on any atom is -0.319 e. The van der Waals surface area contributed by atoms with Crippen molar-refractivity contribution in [2.75, 3.05) is 5.32 Å². The molecule has 1 aromatic heterocycles. The Hall–Kier alpha value is -1.71. The smallest absolute Gasteiger partial charge is 0.274 e. The number of nitriles is 1. The van der Waals surface area contributed by atoms with Gasteiger partial charge in [-0.05, 0) is 46.3 Å². The minimum absolute atomic E-state index is 0.284. The highest BCUT2D eigenvalue weighted by atomic mass is 79.9. The van der Waals surface area contributed by atoms with Crippen molar-refractivity contribution in [1.82, 2.24) is 4.98 Å². The second-order valence-electron chi connectivity index (χ2n) is 3.62. The van der Waals surface area contributed by atoms with E-state index in [1.54, 1.807) is 36.5 Å². The first-order valence-corrected chi connectivity index (χ1v) is 6.81. The normalized spacial score (nSPS) is 9.74. The van der Waals surface area contributed by atoms with Gasteiger partial charge in [-0.15, -0.1) is 0 Å². The molecule has 2 aromatic rings. The molecule has 2 rings (SSSR count). The lowest BCUT2D eigenvalue weighted by Crippen LogP contribution is -2.14. The van der Waals surface area contributed by atoms with Gasteiger partial charge < -0.3 is 5.32 Å². The van der Waals surface area contributed by atoms with E-state index in [2.05, 4.69) is 42.2 Å². The fourth-order valence-corrected chi connectivity index (χ4v) is 2.01. The van der Waals surface area contributed by atoms with Crippen LogP contribution in [0.25, 0.3) is 0 Å². The number of halogens is 2. The van der Waals surface area contributed by atoms with Crippen molar-refractivity contribution in [3.63, 3.8) is 0 Å². The molecule has 0 bridgehead atoms. The van der Waals surface area contributed by atoms with Crippen LogP contribution in [0.1, 0.15) is 16.1 Å². The lowest BCUT2D eigenvalue weighted by Gasteiger charge is -2.07. The van der Waals surface area contributed by atoms with E-state index < -0.39 is 0 Å².